The van der Waals surface area contributed by atoms with Crippen molar-refractivity contribution in [2.75, 3.05) is 0 Å². The summed E-state index contributed by atoms with van der Waals surface area (Å²) in [6, 6.07) is 9.92. The molecular weight excluding hydrogens is 356 g/mol. The summed E-state index contributed by atoms with van der Waals surface area (Å²) >= 11 is 7.04. The van der Waals surface area contributed by atoms with Gasteiger partial charge in [-0.05, 0) is 36.4 Å². The van der Waals surface area contributed by atoms with Crippen LogP contribution in [0.5, 0.6) is 5.75 Å². The number of aromatic nitrogens is 2. The van der Waals surface area contributed by atoms with E-state index >= 15 is 0 Å². The Hall–Kier alpha value is -2.45. The first-order chi connectivity index (χ1) is 11.6. The SMILES string of the molecule is O=C(O)c1ccc(CSc2nnc(COc3ccc(Cl)cc3)o2)o1. The number of nitrogens with zero attached hydrogens (tertiary/aromatic N) is 2. The topological polar surface area (TPSA) is 98.6 Å². The Bertz CT molecular complexity index is 831. The van der Waals surface area contributed by atoms with Crippen LogP contribution in [0.15, 0.2) is 50.5 Å². The first-order valence-electron chi connectivity index (χ1n) is 6.76. The molecule has 3 aromatic rings. The second kappa shape index (κ2) is 7.41. The number of carbonyl (C=O) groups is 1. The zero-order valence-corrected chi connectivity index (χ0v) is 13.7. The van der Waals surface area contributed by atoms with E-state index < -0.39 is 5.97 Å². The first-order valence-corrected chi connectivity index (χ1v) is 8.12. The standard InChI is InChI=1S/C15H11ClN2O5S/c16-9-1-3-10(4-2-9)21-7-13-17-18-15(23-13)24-8-11-5-6-12(22-11)14(19)20/h1-6H,7-8H2,(H,19,20). The van der Waals surface area contributed by atoms with Gasteiger partial charge in [0.25, 0.3) is 11.1 Å². The molecule has 0 aliphatic carbocycles. The van der Waals surface area contributed by atoms with Crippen molar-refractivity contribution in [2.24, 2.45) is 0 Å². The summed E-state index contributed by atoms with van der Waals surface area (Å²) in [6.45, 7) is 0.138. The molecule has 1 N–H and O–H groups in total. The third kappa shape index (κ3) is 4.30. The Balaban J connectivity index is 1.51. The van der Waals surface area contributed by atoms with Gasteiger partial charge in [0.05, 0.1) is 5.75 Å². The van der Waals surface area contributed by atoms with E-state index in [1.807, 2.05) is 0 Å². The highest BCUT2D eigenvalue weighted by molar-refractivity contribution is 7.98. The van der Waals surface area contributed by atoms with E-state index in [0.29, 0.717) is 33.4 Å². The number of ether oxygens (including phenoxy) is 1. The van der Waals surface area contributed by atoms with Crippen LogP contribution in [0.1, 0.15) is 22.2 Å². The zero-order chi connectivity index (χ0) is 16.9. The molecule has 124 valence electrons. The number of rotatable bonds is 7. The number of carboxylic acids is 1. The maximum Gasteiger partial charge on any atom is 0.371 e. The fourth-order valence-electron chi connectivity index (χ4n) is 1.73. The van der Waals surface area contributed by atoms with Gasteiger partial charge in [-0.2, -0.15) is 0 Å². The fourth-order valence-corrected chi connectivity index (χ4v) is 2.53. The van der Waals surface area contributed by atoms with Gasteiger partial charge in [-0.25, -0.2) is 4.79 Å². The minimum Gasteiger partial charge on any atom is -0.484 e. The van der Waals surface area contributed by atoms with Crippen LogP contribution in [-0.2, 0) is 12.4 Å². The lowest BCUT2D eigenvalue weighted by Crippen LogP contribution is -1.95. The van der Waals surface area contributed by atoms with Crippen LogP contribution in [-0.4, -0.2) is 21.3 Å². The number of hydrogen-bond donors (Lipinski definition) is 1. The molecule has 24 heavy (non-hydrogen) atoms. The predicted octanol–water partition coefficient (Wildman–Crippen LogP) is 3.89. The highest BCUT2D eigenvalue weighted by Gasteiger charge is 2.12. The summed E-state index contributed by atoms with van der Waals surface area (Å²) in [6.07, 6.45) is 0. The smallest absolute Gasteiger partial charge is 0.371 e. The molecule has 0 aliphatic rings. The number of benzene rings is 1. The van der Waals surface area contributed by atoms with Crippen molar-refractivity contribution in [3.05, 3.63) is 58.8 Å². The Morgan fingerprint density at radius 3 is 2.67 bits per heavy atom. The van der Waals surface area contributed by atoms with Gasteiger partial charge in [-0.1, -0.05) is 23.4 Å². The average molecular weight is 367 g/mol. The van der Waals surface area contributed by atoms with E-state index in [4.69, 9.17) is 30.3 Å². The maximum atomic E-state index is 10.7. The van der Waals surface area contributed by atoms with Gasteiger partial charge in [0.15, 0.2) is 6.61 Å². The second-order valence-corrected chi connectivity index (χ2v) is 5.93. The van der Waals surface area contributed by atoms with Crippen LogP contribution >= 0.6 is 23.4 Å². The lowest BCUT2D eigenvalue weighted by atomic mass is 10.3. The molecule has 2 aromatic heterocycles. The summed E-state index contributed by atoms with van der Waals surface area (Å²) in [5.74, 6) is 0.655. The van der Waals surface area contributed by atoms with Crippen molar-refractivity contribution < 1.29 is 23.5 Å². The van der Waals surface area contributed by atoms with Crippen LogP contribution in [0.25, 0.3) is 0 Å². The molecule has 0 spiro atoms. The first kappa shape index (κ1) is 16.4. The van der Waals surface area contributed by atoms with E-state index in [-0.39, 0.29) is 12.4 Å². The number of hydrogen-bond acceptors (Lipinski definition) is 7. The molecule has 9 heteroatoms. The van der Waals surface area contributed by atoms with Gasteiger partial charge >= 0.3 is 5.97 Å². The molecule has 0 amide bonds. The second-order valence-electron chi connectivity index (χ2n) is 4.56. The molecule has 7 nitrogen and oxygen atoms in total. The van der Waals surface area contributed by atoms with Gasteiger partial charge in [0.1, 0.15) is 11.5 Å². The van der Waals surface area contributed by atoms with Crippen LogP contribution in [0, 0.1) is 0 Å². The van der Waals surface area contributed by atoms with Crippen molar-refractivity contribution in [1.29, 1.82) is 0 Å². The van der Waals surface area contributed by atoms with Gasteiger partial charge < -0.3 is 18.7 Å². The van der Waals surface area contributed by atoms with Crippen LogP contribution in [0.4, 0.5) is 0 Å². The number of carboxylic acid groups (broad SMARTS) is 1. The molecule has 3 rings (SSSR count). The maximum absolute atomic E-state index is 10.7. The number of halogens is 1. The van der Waals surface area contributed by atoms with E-state index in [9.17, 15) is 4.79 Å². The number of aromatic carboxylic acids is 1. The van der Waals surface area contributed by atoms with Crippen molar-refractivity contribution in [3.8, 4) is 5.75 Å². The summed E-state index contributed by atoms with van der Waals surface area (Å²) in [5.41, 5.74) is 0. The third-order valence-corrected chi connectivity index (χ3v) is 3.93. The van der Waals surface area contributed by atoms with E-state index in [1.165, 1.54) is 17.8 Å². The Morgan fingerprint density at radius 2 is 1.96 bits per heavy atom. The molecule has 0 radical (unpaired) electrons. The van der Waals surface area contributed by atoms with E-state index in [0.717, 1.165) is 0 Å². The van der Waals surface area contributed by atoms with Gasteiger partial charge in [-0.15, -0.1) is 10.2 Å². The molecule has 0 fully saturated rings. The van der Waals surface area contributed by atoms with Crippen molar-refractivity contribution >= 4 is 29.3 Å². The molecule has 0 atom stereocenters. The molecular formula is C15H11ClN2O5S. The van der Waals surface area contributed by atoms with Crippen LogP contribution in [0.2, 0.25) is 5.02 Å². The molecule has 2 heterocycles. The van der Waals surface area contributed by atoms with Gasteiger partial charge in [0.2, 0.25) is 5.76 Å². The molecule has 1 aromatic carbocycles. The molecule has 0 unspecified atom stereocenters. The van der Waals surface area contributed by atoms with Crippen molar-refractivity contribution in [3.63, 3.8) is 0 Å². The summed E-state index contributed by atoms with van der Waals surface area (Å²) in [7, 11) is 0. The largest absolute Gasteiger partial charge is 0.484 e. The lowest BCUT2D eigenvalue weighted by Gasteiger charge is -2.02. The highest BCUT2D eigenvalue weighted by Crippen LogP contribution is 2.23. The van der Waals surface area contributed by atoms with Gasteiger partial charge in [0, 0.05) is 5.02 Å². The molecule has 0 saturated heterocycles. The normalized spacial score (nSPS) is 10.7. The van der Waals surface area contributed by atoms with Gasteiger partial charge in [-0.3, -0.25) is 0 Å². The van der Waals surface area contributed by atoms with Crippen LogP contribution in [0.3, 0.4) is 0 Å². The summed E-state index contributed by atoms with van der Waals surface area (Å²) in [4.78, 5) is 10.7. The minimum absolute atomic E-state index is 0.104. The highest BCUT2D eigenvalue weighted by atomic mass is 35.5. The average Bonchev–Trinajstić information content (AvgIpc) is 3.22. The van der Waals surface area contributed by atoms with Crippen molar-refractivity contribution in [2.45, 2.75) is 17.6 Å². The monoisotopic (exact) mass is 366 g/mol. The minimum atomic E-state index is -1.11. The molecule has 0 saturated carbocycles. The quantitative estimate of drug-likeness (QED) is 0.629. The summed E-state index contributed by atoms with van der Waals surface area (Å²) < 4.78 is 16.1. The fraction of sp³-hybridized carbons (Fsp3) is 0.133. The number of furan rings is 1. The third-order valence-electron chi connectivity index (χ3n) is 2.83. The predicted molar refractivity (Wildman–Crippen MR) is 85.3 cm³/mol. The Labute approximate surface area is 145 Å². The number of thioether (sulfide) groups is 1. The lowest BCUT2D eigenvalue weighted by molar-refractivity contribution is 0.0661. The Kier molecular flexibility index (Phi) is 5.07. The van der Waals surface area contributed by atoms with Crippen LogP contribution < -0.4 is 4.74 Å². The summed E-state index contributed by atoms with van der Waals surface area (Å²) in [5, 5.41) is 17.5. The zero-order valence-electron chi connectivity index (χ0n) is 12.1. The molecule has 0 bridgehead atoms. The van der Waals surface area contributed by atoms with E-state index in [2.05, 4.69) is 10.2 Å². The Morgan fingerprint density at radius 1 is 1.17 bits per heavy atom. The molecule has 0 aliphatic heterocycles. The van der Waals surface area contributed by atoms with E-state index in [1.54, 1.807) is 30.3 Å². The van der Waals surface area contributed by atoms with Crippen molar-refractivity contribution in [1.82, 2.24) is 10.2 Å².